The fourth-order valence-corrected chi connectivity index (χ4v) is 1.31. The Balaban J connectivity index is 3.68. The minimum atomic E-state index is -0.752. The Kier molecular flexibility index (Phi) is 9.93. The van der Waals surface area contributed by atoms with E-state index in [2.05, 4.69) is 16.2 Å². The Labute approximate surface area is 131 Å². The lowest BCUT2D eigenvalue weighted by molar-refractivity contribution is -0.127. The normalized spacial score (nSPS) is 10.7. The van der Waals surface area contributed by atoms with E-state index in [1.54, 1.807) is 20.8 Å². The van der Waals surface area contributed by atoms with Gasteiger partial charge >= 0.3 is 6.09 Å². The molecule has 22 heavy (non-hydrogen) atoms. The minimum Gasteiger partial charge on any atom is -0.443 e. The van der Waals surface area contributed by atoms with Crippen molar-refractivity contribution in [3.63, 3.8) is 0 Å². The topological polar surface area (TPSA) is 106 Å². The van der Waals surface area contributed by atoms with Gasteiger partial charge in [-0.1, -0.05) is 6.92 Å². The third kappa shape index (κ3) is 13.2. The number of hydrogen-bond donors (Lipinski definition) is 3. The van der Waals surface area contributed by atoms with E-state index in [-0.39, 0.29) is 18.7 Å². The van der Waals surface area contributed by atoms with Gasteiger partial charge in [0.25, 0.3) is 0 Å². The van der Waals surface area contributed by atoms with Crippen LogP contribution in [0.1, 0.15) is 47.0 Å². The maximum atomic E-state index is 11.4. The van der Waals surface area contributed by atoms with Crippen LogP contribution in [0.4, 0.5) is 4.79 Å². The van der Waals surface area contributed by atoms with Crippen molar-refractivity contribution in [2.24, 2.45) is 0 Å². The maximum Gasteiger partial charge on any atom is 0.426 e. The van der Waals surface area contributed by atoms with Gasteiger partial charge in [0.1, 0.15) is 5.60 Å². The summed E-state index contributed by atoms with van der Waals surface area (Å²) in [5, 5.41) is 2.64. The average Bonchev–Trinajstić information content (AvgIpc) is 2.41. The van der Waals surface area contributed by atoms with Crippen LogP contribution >= 0.6 is 0 Å². The summed E-state index contributed by atoms with van der Waals surface area (Å²) in [7, 11) is 0. The molecule has 0 spiro atoms. The summed E-state index contributed by atoms with van der Waals surface area (Å²) in [6.45, 7) is 8.66. The van der Waals surface area contributed by atoms with Gasteiger partial charge in [-0.3, -0.25) is 15.0 Å². The van der Waals surface area contributed by atoms with Crippen molar-refractivity contribution < 1.29 is 23.9 Å². The minimum absolute atomic E-state index is 0.0303. The molecule has 8 nitrogen and oxygen atoms in total. The summed E-state index contributed by atoms with van der Waals surface area (Å²) >= 11 is 0. The molecule has 0 saturated heterocycles. The predicted molar refractivity (Wildman–Crippen MR) is 80.9 cm³/mol. The summed E-state index contributed by atoms with van der Waals surface area (Å²) in [6.07, 6.45) is 0.185. The van der Waals surface area contributed by atoms with E-state index in [0.717, 1.165) is 6.42 Å². The van der Waals surface area contributed by atoms with E-state index in [4.69, 9.17) is 9.47 Å². The fourth-order valence-electron chi connectivity index (χ4n) is 1.31. The molecule has 0 rings (SSSR count). The predicted octanol–water partition coefficient (Wildman–Crippen LogP) is 0.865. The zero-order valence-corrected chi connectivity index (χ0v) is 13.8. The van der Waals surface area contributed by atoms with Crippen molar-refractivity contribution >= 4 is 17.9 Å². The second-order valence-corrected chi connectivity index (χ2v) is 5.64. The number of rotatable bonds is 8. The zero-order valence-electron chi connectivity index (χ0n) is 13.8. The highest BCUT2D eigenvalue weighted by Crippen LogP contribution is 2.05. The molecule has 0 atom stereocenters. The van der Waals surface area contributed by atoms with Gasteiger partial charge in [0.15, 0.2) is 0 Å². The lowest BCUT2D eigenvalue weighted by Gasteiger charge is -2.19. The van der Waals surface area contributed by atoms with Crippen molar-refractivity contribution in [3.05, 3.63) is 0 Å². The van der Waals surface area contributed by atoms with Gasteiger partial charge in [-0.25, -0.2) is 10.2 Å². The van der Waals surface area contributed by atoms with Gasteiger partial charge in [0.2, 0.25) is 11.8 Å². The molecule has 3 N–H and O–H groups in total. The van der Waals surface area contributed by atoms with Gasteiger partial charge in [-0.05, 0) is 27.2 Å². The van der Waals surface area contributed by atoms with E-state index in [1.807, 2.05) is 6.92 Å². The van der Waals surface area contributed by atoms with Crippen molar-refractivity contribution in [2.75, 3.05) is 19.8 Å². The monoisotopic (exact) mass is 317 g/mol. The van der Waals surface area contributed by atoms with E-state index in [1.165, 1.54) is 0 Å². The third-order valence-electron chi connectivity index (χ3n) is 2.20. The van der Waals surface area contributed by atoms with E-state index in [0.29, 0.717) is 19.8 Å². The number of carbonyl (C=O) groups is 3. The Bertz CT molecular complexity index is 366. The summed E-state index contributed by atoms with van der Waals surface area (Å²) in [5.74, 6) is -0.712. The van der Waals surface area contributed by atoms with Crippen LogP contribution < -0.4 is 16.2 Å². The van der Waals surface area contributed by atoms with Gasteiger partial charge in [-0.2, -0.15) is 0 Å². The zero-order chi connectivity index (χ0) is 17.0. The van der Waals surface area contributed by atoms with E-state index in [9.17, 15) is 14.4 Å². The number of ether oxygens (including phenoxy) is 2. The van der Waals surface area contributed by atoms with Crippen LogP contribution in [-0.4, -0.2) is 43.3 Å². The Hall–Kier alpha value is -1.83. The second kappa shape index (κ2) is 10.8. The summed E-state index contributed by atoms with van der Waals surface area (Å²) in [5.41, 5.74) is 3.65. The van der Waals surface area contributed by atoms with Crippen LogP contribution in [0.15, 0.2) is 0 Å². The van der Waals surface area contributed by atoms with E-state index < -0.39 is 17.6 Å². The molecule has 0 unspecified atom stereocenters. The maximum absolute atomic E-state index is 11.4. The highest BCUT2D eigenvalue weighted by atomic mass is 16.6. The summed E-state index contributed by atoms with van der Waals surface area (Å²) in [4.78, 5) is 34.2. The Morgan fingerprint density at radius 1 is 0.955 bits per heavy atom. The number of hydrazine groups is 1. The standard InChI is InChI=1S/C14H27N3O5/c1-5-9-21-10-8-15-11(18)6-7-12(19)16-17-13(20)22-14(2,3)4/h5-10H2,1-4H3,(H,15,18)(H,16,19)(H,17,20). The second-order valence-electron chi connectivity index (χ2n) is 5.64. The first kappa shape index (κ1) is 20.2. The SMILES string of the molecule is CCCOCCNC(=O)CCC(=O)NNC(=O)OC(C)(C)C. The molecule has 8 heteroatoms. The van der Waals surface area contributed by atoms with Crippen molar-refractivity contribution in [1.29, 1.82) is 0 Å². The quantitative estimate of drug-likeness (QED) is 0.455. The van der Waals surface area contributed by atoms with Crippen LogP contribution in [0.2, 0.25) is 0 Å². The lowest BCUT2D eigenvalue weighted by Crippen LogP contribution is -2.44. The van der Waals surface area contributed by atoms with E-state index >= 15 is 0 Å². The van der Waals surface area contributed by atoms with Crippen LogP contribution in [-0.2, 0) is 19.1 Å². The molecule has 0 aliphatic rings. The average molecular weight is 317 g/mol. The number of hydrogen-bond acceptors (Lipinski definition) is 5. The Morgan fingerprint density at radius 3 is 2.18 bits per heavy atom. The molecule has 0 aromatic rings. The molecule has 0 radical (unpaired) electrons. The van der Waals surface area contributed by atoms with Crippen LogP contribution in [0.5, 0.6) is 0 Å². The number of amides is 3. The molecule has 0 aliphatic carbocycles. The van der Waals surface area contributed by atoms with Gasteiger partial charge < -0.3 is 14.8 Å². The third-order valence-corrected chi connectivity index (χ3v) is 2.20. The first-order valence-corrected chi connectivity index (χ1v) is 7.37. The number of carbonyl (C=O) groups excluding carboxylic acids is 3. The van der Waals surface area contributed by atoms with Gasteiger partial charge in [0, 0.05) is 26.0 Å². The first-order valence-electron chi connectivity index (χ1n) is 7.37. The molecule has 0 aliphatic heterocycles. The summed E-state index contributed by atoms with van der Waals surface area (Å²) in [6, 6.07) is 0. The number of nitrogens with one attached hydrogen (secondary N) is 3. The van der Waals surface area contributed by atoms with Gasteiger partial charge in [0.05, 0.1) is 6.61 Å². The highest BCUT2D eigenvalue weighted by molar-refractivity contribution is 5.84. The van der Waals surface area contributed by atoms with Crippen LogP contribution in [0.25, 0.3) is 0 Å². The van der Waals surface area contributed by atoms with Crippen LogP contribution in [0.3, 0.4) is 0 Å². The van der Waals surface area contributed by atoms with Crippen LogP contribution in [0, 0.1) is 0 Å². The molecular formula is C14H27N3O5. The van der Waals surface area contributed by atoms with Crippen molar-refractivity contribution in [2.45, 2.75) is 52.6 Å². The molecule has 0 heterocycles. The molecule has 0 fully saturated rings. The van der Waals surface area contributed by atoms with Crippen molar-refractivity contribution in [3.8, 4) is 0 Å². The van der Waals surface area contributed by atoms with Gasteiger partial charge in [-0.15, -0.1) is 0 Å². The molecule has 0 saturated carbocycles. The first-order chi connectivity index (χ1) is 10.2. The molecule has 0 aromatic carbocycles. The smallest absolute Gasteiger partial charge is 0.426 e. The molecule has 0 aromatic heterocycles. The Morgan fingerprint density at radius 2 is 1.59 bits per heavy atom. The largest absolute Gasteiger partial charge is 0.443 e. The summed E-state index contributed by atoms with van der Waals surface area (Å²) < 4.78 is 10.1. The van der Waals surface area contributed by atoms with Crippen molar-refractivity contribution in [1.82, 2.24) is 16.2 Å². The molecule has 128 valence electrons. The molecular weight excluding hydrogens is 290 g/mol. The highest BCUT2D eigenvalue weighted by Gasteiger charge is 2.16. The molecule has 3 amide bonds. The molecule has 0 bridgehead atoms. The fraction of sp³-hybridized carbons (Fsp3) is 0.786. The lowest BCUT2D eigenvalue weighted by atomic mass is 10.2.